The monoisotopic (exact) mass is 1170 g/mol. The molecule has 7 aromatic carbocycles. The van der Waals surface area contributed by atoms with Gasteiger partial charge in [0, 0.05) is 62.4 Å². The van der Waals surface area contributed by atoms with Crippen LogP contribution in [0.5, 0.6) is 46.0 Å². The van der Waals surface area contributed by atoms with Gasteiger partial charge in [0.25, 0.3) is 0 Å². The van der Waals surface area contributed by atoms with Gasteiger partial charge in [-0.25, -0.2) is 14.8 Å². The number of carbonyl (C=O) groups is 1. The van der Waals surface area contributed by atoms with Crippen molar-refractivity contribution in [2.45, 2.75) is 0 Å². The number of nitrogens with one attached hydrogen (secondary N) is 2. The number of hydrogen-bond donors (Lipinski definition) is 3. The van der Waals surface area contributed by atoms with Crippen molar-refractivity contribution in [3.63, 3.8) is 0 Å². The molecule has 0 spiro atoms. The van der Waals surface area contributed by atoms with Crippen LogP contribution in [-0.4, -0.2) is 87.9 Å². The molecule has 3 aromatic heterocycles. The molecule has 0 saturated heterocycles. The molecule has 3 N–H and O–H groups in total. The number of aromatic carboxylic acids is 1. The Bertz CT molecular complexity index is 4450. The van der Waals surface area contributed by atoms with E-state index in [4.69, 9.17) is 47.9 Å². The van der Waals surface area contributed by atoms with E-state index in [9.17, 15) is 9.90 Å². The number of rotatable bonds is 16. The molecule has 88 heavy (non-hydrogen) atoms. The number of ether oxygens (including phenoxy) is 8. The highest BCUT2D eigenvalue weighted by atomic mass is 16.5. The third-order valence-corrected chi connectivity index (χ3v) is 15.5. The Kier molecular flexibility index (Phi) is 15.8. The summed E-state index contributed by atoms with van der Waals surface area (Å²) >= 11 is 0. The van der Waals surface area contributed by atoms with Gasteiger partial charge in [-0.3, -0.25) is 0 Å². The predicted octanol–water partition coefficient (Wildman–Crippen LogP) is 16.0. The third-order valence-electron chi connectivity index (χ3n) is 15.5. The Labute approximate surface area is 508 Å². The van der Waals surface area contributed by atoms with Gasteiger partial charge in [-0.2, -0.15) is 0 Å². The number of carboxylic acid groups (broad SMARTS) is 1. The minimum absolute atomic E-state index is 0.153. The van der Waals surface area contributed by atoms with Gasteiger partial charge in [-0.15, -0.1) is 0 Å². The molecule has 10 aromatic rings. The van der Waals surface area contributed by atoms with Crippen LogP contribution in [0.3, 0.4) is 0 Å². The van der Waals surface area contributed by atoms with E-state index in [2.05, 4.69) is 75.2 Å². The van der Waals surface area contributed by atoms with Crippen LogP contribution in [0, 0.1) is 11.8 Å². The quantitative estimate of drug-likeness (QED) is 0.0781. The molecule has 12 rings (SSSR count). The largest absolute Gasteiger partial charge is 0.497 e. The molecule has 8 bridgehead atoms. The van der Waals surface area contributed by atoms with E-state index in [0.717, 1.165) is 33.6 Å². The van der Waals surface area contributed by atoms with Crippen molar-refractivity contribution >= 4 is 69.4 Å². The number of anilines is 3. The van der Waals surface area contributed by atoms with Crippen molar-refractivity contribution in [1.82, 2.24) is 19.9 Å². The van der Waals surface area contributed by atoms with Gasteiger partial charge in [0.2, 0.25) is 0 Å². The Morgan fingerprint density at radius 1 is 0.409 bits per heavy atom. The molecule has 0 aliphatic carbocycles. The number of H-pyrrole nitrogens is 2. The molecule has 15 nitrogen and oxygen atoms in total. The summed E-state index contributed by atoms with van der Waals surface area (Å²) in [4.78, 5) is 32.8. The van der Waals surface area contributed by atoms with Crippen LogP contribution in [0.4, 0.5) is 17.1 Å². The van der Waals surface area contributed by atoms with Crippen LogP contribution in [0.15, 0.2) is 170 Å². The minimum Gasteiger partial charge on any atom is -0.497 e. The molecule has 0 atom stereocenters. The number of hydrogen-bond acceptors (Lipinski definition) is 12. The second-order valence-electron chi connectivity index (χ2n) is 20.2. The summed E-state index contributed by atoms with van der Waals surface area (Å²) in [6, 6.07) is 54.1. The van der Waals surface area contributed by atoms with Gasteiger partial charge in [-0.05, 0) is 157 Å². The highest BCUT2D eigenvalue weighted by Crippen LogP contribution is 2.48. The summed E-state index contributed by atoms with van der Waals surface area (Å²) in [5, 5.41) is 9.69. The van der Waals surface area contributed by atoms with E-state index < -0.39 is 5.97 Å². The van der Waals surface area contributed by atoms with Gasteiger partial charge >= 0.3 is 5.97 Å². The number of benzene rings is 7. The van der Waals surface area contributed by atoms with Crippen LogP contribution in [0.1, 0.15) is 44.3 Å². The number of methoxy groups -OCH3 is 8. The van der Waals surface area contributed by atoms with E-state index in [-0.39, 0.29) is 5.56 Å². The first kappa shape index (κ1) is 56.8. The van der Waals surface area contributed by atoms with E-state index in [1.165, 1.54) is 12.1 Å². The van der Waals surface area contributed by atoms with Gasteiger partial charge in [-0.1, -0.05) is 48.2 Å². The smallest absolute Gasteiger partial charge is 0.335 e. The standard InChI is InChI=1S/C73H59N5O10/c1-81-49-28-31-51(66(41-49)87-7)44-20-24-47(25-21-44)78(48-26-22-45(23-27-48)52-32-29-50(82-2)42-67(52)88-8)72-60-39-37-58(76-60)68(70-62(83-3)11-9-12-63(70)84-4)56-35-33-54(74-56)53(30-17-43-15-18-46(19-16-43)73(79)80)55-34-36-57(75-55)69(59-38-40-61(72)77-59)71-64(85-5)13-10-14-65(71)86-6/h9-16,18-29,31-42,74,77H,1-8H3,(H,79,80). The van der Waals surface area contributed by atoms with E-state index in [1.54, 1.807) is 69.0 Å². The molecule has 436 valence electrons. The van der Waals surface area contributed by atoms with Crippen molar-refractivity contribution in [2.24, 2.45) is 0 Å². The highest BCUT2D eigenvalue weighted by Gasteiger charge is 2.27. The fourth-order valence-electron chi connectivity index (χ4n) is 11.2. The third kappa shape index (κ3) is 10.7. The van der Waals surface area contributed by atoms with Crippen molar-refractivity contribution < 1.29 is 47.8 Å². The SMILES string of the molecule is COc1ccc(-c2ccc(N(c3ccc(-c4ccc(OC)cc4OC)cc3)c3c4nc(c(-c5c(OC)cccc5OC)c5ccc([nH]5)c(C#Cc5ccc(C(=O)O)cc5)c5nc(c(-c6c(OC)cccc6OC)c6ccc3[nH]6)C=C5)C=C4)cc2)c(OC)c1. The molecule has 0 saturated carbocycles. The zero-order valence-corrected chi connectivity index (χ0v) is 49.4. The first-order chi connectivity index (χ1) is 43.1. The van der Waals surface area contributed by atoms with Gasteiger partial charge < -0.3 is 57.9 Å². The lowest BCUT2D eigenvalue weighted by Crippen LogP contribution is -2.12. The summed E-state index contributed by atoms with van der Waals surface area (Å²) in [6.45, 7) is 0. The number of aromatic amines is 2. The van der Waals surface area contributed by atoms with E-state index in [1.807, 2.05) is 121 Å². The van der Waals surface area contributed by atoms with Crippen molar-refractivity contribution in [3.8, 4) is 102 Å². The maximum absolute atomic E-state index is 11.8. The maximum atomic E-state index is 11.8. The summed E-state index contributed by atoms with van der Waals surface area (Å²) in [6.07, 6.45) is 7.92. The normalized spacial score (nSPS) is 11.3. The maximum Gasteiger partial charge on any atom is 0.335 e. The molecule has 0 amide bonds. The van der Waals surface area contributed by atoms with Crippen molar-refractivity contribution in [2.75, 3.05) is 61.8 Å². The fourth-order valence-corrected chi connectivity index (χ4v) is 11.2. The highest BCUT2D eigenvalue weighted by molar-refractivity contribution is 6.02. The van der Waals surface area contributed by atoms with E-state index in [0.29, 0.717) is 130 Å². The Morgan fingerprint density at radius 2 is 0.830 bits per heavy atom. The summed E-state index contributed by atoms with van der Waals surface area (Å²) in [7, 11) is 13.1. The Balaban J connectivity index is 1.21. The molecular weight excluding hydrogens is 1110 g/mol. The molecule has 15 heteroatoms. The summed E-state index contributed by atoms with van der Waals surface area (Å²) < 4.78 is 47.6. The zero-order valence-electron chi connectivity index (χ0n) is 49.4. The molecular formula is C73H59N5O10. The Morgan fingerprint density at radius 3 is 1.28 bits per heavy atom. The second kappa shape index (κ2) is 24.5. The lowest BCUT2D eigenvalue weighted by atomic mass is 10.0. The van der Waals surface area contributed by atoms with Crippen LogP contribution < -0.4 is 42.8 Å². The van der Waals surface area contributed by atoms with Gasteiger partial charge in [0.15, 0.2) is 0 Å². The van der Waals surface area contributed by atoms with Gasteiger partial charge in [0.05, 0.1) is 119 Å². The number of carboxylic acids is 1. The molecule has 0 radical (unpaired) electrons. The molecule has 2 aliphatic rings. The number of fused-ring (bicyclic) bond motifs is 8. The van der Waals surface area contributed by atoms with Crippen molar-refractivity contribution in [1.29, 1.82) is 0 Å². The average Bonchev–Trinajstić information content (AvgIpc) is 2.30. The summed E-state index contributed by atoms with van der Waals surface area (Å²) in [5.74, 6) is 10.6. The molecule has 5 heterocycles. The Hall–Kier alpha value is -11.6. The number of aromatic nitrogens is 4. The topological polar surface area (TPSA) is 172 Å². The fraction of sp³-hybridized carbons (Fsp3) is 0.110. The number of nitrogens with zero attached hydrogens (tertiary/aromatic N) is 3. The van der Waals surface area contributed by atoms with Crippen LogP contribution in [0.25, 0.3) is 90.9 Å². The van der Waals surface area contributed by atoms with Crippen LogP contribution in [0.2, 0.25) is 0 Å². The average molecular weight is 1170 g/mol. The lowest BCUT2D eigenvalue weighted by Gasteiger charge is -2.27. The zero-order chi connectivity index (χ0) is 61.0. The van der Waals surface area contributed by atoms with Crippen LogP contribution >= 0.6 is 0 Å². The predicted molar refractivity (Wildman–Crippen MR) is 347 cm³/mol. The lowest BCUT2D eigenvalue weighted by molar-refractivity contribution is 0.0696. The first-order valence-electron chi connectivity index (χ1n) is 28.0. The molecule has 2 aliphatic heterocycles. The minimum atomic E-state index is -1.03. The first-order valence-corrected chi connectivity index (χ1v) is 28.0. The second-order valence-corrected chi connectivity index (χ2v) is 20.2. The van der Waals surface area contributed by atoms with Gasteiger partial charge in [0.1, 0.15) is 46.0 Å². The molecule has 0 fully saturated rings. The van der Waals surface area contributed by atoms with Crippen LogP contribution in [-0.2, 0) is 0 Å². The molecule has 0 unspecified atom stereocenters. The van der Waals surface area contributed by atoms with E-state index >= 15 is 0 Å². The summed E-state index contributed by atoms with van der Waals surface area (Å²) in [5.41, 5.74) is 15.0. The van der Waals surface area contributed by atoms with Crippen molar-refractivity contribution in [3.05, 3.63) is 209 Å².